The number of likely N-dealkylation sites (N-methyl/N-ethyl adjacent to an activating group) is 1. The van der Waals surface area contributed by atoms with Crippen molar-refractivity contribution in [1.82, 2.24) is 26.2 Å². The fraction of sp³-hybridized carbons (Fsp3) is 0.595. The molecule has 0 heterocycles. The number of amides is 5. The number of nitrogens with zero attached hydrogens (tertiary/aromatic N) is 1. The van der Waals surface area contributed by atoms with Crippen LogP contribution in [0.1, 0.15) is 77.3 Å². The summed E-state index contributed by atoms with van der Waals surface area (Å²) in [5.41, 5.74) is 1.02. The van der Waals surface area contributed by atoms with Crippen molar-refractivity contribution in [2.24, 2.45) is 23.7 Å². The molecule has 4 bridgehead atoms. The molecule has 294 valence electrons. The Morgan fingerprint density at radius 2 is 1.37 bits per heavy atom. The Hall–Kier alpha value is -3.90. The summed E-state index contributed by atoms with van der Waals surface area (Å²) in [6.45, 7) is 7.34. The molecule has 0 aromatic heterocycles. The van der Waals surface area contributed by atoms with E-state index in [1.54, 1.807) is 37.4 Å². The quantitative estimate of drug-likeness (QED) is 0.179. The van der Waals surface area contributed by atoms with Gasteiger partial charge in [0.05, 0.1) is 12.6 Å². The highest BCUT2D eigenvalue weighted by molar-refractivity contribution is 7.98. The first-order chi connectivity index (χ1) is 25.8. The molecule has 11 nitrogen and oxygen atoms in total. The van der Waals surface area contributed by atoms with Gasteiger partial charge in [0.1, 0.15) is 17.7 Å². The van der Waals surface area contributed by atoms with E-state index in [1.165, 1.54) is 6.42 Å². The van der Waals surface area contributed by atoms with Crippen LogP contribution in [0.5, 0.6) is 0 Å². The summed E-state index contributed by atoms with van der Waals surface area (Å²) in [6.07, 6.45) is 7.32. The van der Waals surface area contributed by atoms with Crippen molar-refractivity contribution in [3.05, 3.63) is 71.8 Å². The molecule has 0 radical (unpaired) electrons. The van der Waals surface area contributed by atoms with Crippen LogP contribution in [0.2, 0.25) is 0 Å². The molecule has 4 fully saturated rings. The van der Waals surface area contributed by atoms with Crippen LogP contribution < -0.4 is 21.3 Å². The Morgan fingerprint density at radius 3 is 1.91 bits per heavy atom. The number of ether oxygens (including phenoxy) is 1. The van der Waals surface area contributed by atoms with Crippen LogP contribution in [0.25, 0.3) is 0 Å². The minimum atomic E-state index is -1.02. The maximum Gasteiger partial charge on any atom is 0.414 e. The zero-order chi connectivity index (χ0) is 38.8. The molecule has 4 saturated carbocycles. The Labute approximate surface area is 324 Å². The Bertz CT molecular complexity index is 1560. The molecule has 5 amide bonds. The van der Waals surface area contributed by atoms with Gasteiger partial charge in [-0.2, -0.15) is 11.8 Å². The number of rotatable bonds is 17. The maximum atomic E-state index is 14.7. The van der Waals surface area contributed by atoms with Crippen LogP contribution in [0, 0.1) is 23.7 Å². The van der Waals surface area contributed by atoms with Gasteiger partial charge < -0.3 is 25.6 Å². The number of hydrogen-bond donors (Lipinski definition) is 4. The van der Waals surface area contributed by atoms with Crippen molar-refractivity contribution in [2.75, 3.05) is 25.1 Å². The largest absolute Gasteiger partial charge is 0.444 e. The lowest BCUT2D eigenvalue weighted by Gasteiger charge is -2.58. The van der Waals surface area contributed by atoms with Gasteiger partial charge in [0.25, 0.3) is 5.91 Å². The Morgan fingerprint density at radius 1 is 0.796 bits per heavy atom. The number of carbonyl (C=O) groups excluding carboxylic acids is 5. The summed E-state index contributed by atoms with van der Waals surface area (Å²) in [7, 11) is 0. The second-order valence-electron chi connectivity index (χ2n) is 16.3. The first-order valence-corrected chi connectivity index (χ1v) is 21.0. The van der Waals surface area contributed by atoms with E-state index in [4.69, 9.17) is 4.74 Å². The van der Waals surface area contributed by atoms with Gasteiger partial charge >= 0.3 is 6.09 Å². The number of imide groups is 1. The summed E-state index contributed by atoms with van der Waals surface area (Å²) in [5, 5.41) is 11.5. The number of carbonyl (C=O) groups is 5. The van der Waals surface area contributed by atoms with E-state index in [9.17, 15) is 24.0 Å². The second kappa shape index (κ2) is 19.1. The molecule has 54 heavy (non-hydrogen) atoms. The average Bonchev–Trinajstić information content (AvgIpc) is 3.12. The molecule has 12 heteroatoms. The molecule has 4 aliphatic carbocycles. The van der Waals surface area contributed by atoms with Crippen molar-refractivity contribution >= 4 is 41.5 Å². The summed E-state index contributed by atoms with van der Waals surface area (Å²) >= 11 is 1.57. The van der Waals surface area contributed by atoms with Gasteiger partial charge in [0.2, 0.25) is 17.7 Å². The third-order valence-electron chi connectivity index (χ3n) is 11.0. The van der Waals surface area contributed by atoms with Crippen LogP contribution >= 0.6 is 11.8 Å². The number of thioether (sulfide) groups is 1. The maximum absolute atomic E-state index is 14.7. The molecule has 4 N–H and O–H groups in total. The van der Waals surface area contributed by atoms with Crippen molar-refractivity contribution in [2.45, 2.75) is 109 Å². The van der Waals surface area contributed by atoms with Gasteiger partial charge in [-0.1, -0.05) is 67.6 Å². The predicted octanol–water partition coefficient (Wildman–Crippen LogP) is 4.88. The fourth-order valence-electron chi connectivity index (χ4n) is 9.05. The first kappa shape index (κ1) is 41.3. The van der Waals surface area contributed by atoms with E-state index in [1.807, 2.05) is 73.8 Å². The topological polar surface area (TPSA) is 146 Å². The predicted molar refractivity (Wildman–Crippen MR) is 212 cm³/mol. The fourth-order valence-corrected chi connectivity index (χ4v) is 9.52. The molecule has 0 spiro atoms. The van der Waals surface area contributed by atoms with Crippen LogP contribution in [0.3, 0.4) is 0 Å². The van der Waals surface area contributed by atoms with Gasteiger partial charge in [-0.3, -0.25) is 24.5 Å². The summed E-state index contributed by atoms with van der Waals surface area (Å²) in [5.74, 6) is 0.596. The van der Waals surface area contributed by atoms with Crippen molar-refractivity contribution in [3.63, 3.8) is 0 Å². The average molecular weight is 762 g/mol. The van der Waals surface area contributed by atoms with E-state index >= 15 is 0 Å². The monoisotopic (exact) mass is 761 g/mol. The van der Waals surface area contributed by atoms with Gasteiger partial charge in [0, 0.05) is 12.5 Å². The SMILES string of the molecule is CCN[C@@H](Cc1ccccc1)C(=O)N[C@H](CCSC)C(=O)NCC(=O)N(C1C2CC3CC(C2)CC1C3)[C@@H](Cc1ccccc1)C(=O)NC(=O)OC(C)(C)C. The molecule has 6 rings (SSSR count). The van der Waals surface area contributed by atoms with E-state index in [-0.39, 0.29) is 42.7 Å². The molecule has 2 aromatic rings. The van der Waals surface area contributed by atoms with Gasteiger partial charge in [-0.05, 0) is 119 Å². The van der Waals surface area contributed by atoms with Crippen LogP contribution in [-0.4, -0.2) is 89.5 Å². The Balaban J connectivity index is 1.38. The standard InChI is InChI=1S/C42H59N5O6S/c1-6-43-34(24-27-13-9-7-10-14-27)39(50)45-33(17-18-54-5)38(49)44-26-36(48)47(37-31-20-29-19-30(22-31)23-32(37)21-29)35(25-28-15-11-8-12-16-28)40(51)46-41(52)53-42(2,3)4/h7-16,29-35,37,43H,6,17-26H2,1-5H3,(H,44,49)(H,45,50)(H,46,51,52)/t29?,30?,31?,32?,33-,34+,35+,37?/m1/s1. The van der Waals surface area contributed by atoms with Gasteiger partial charge in [-0.25, -0.2) is 4.79 Å². The zero-order valence-corrected chi connectivity index (χ0v) is 33.3. The molecule has 0 aliphatic heterocycles. The lowest BCUT2D eigenvalue weighted by Crippen LogP contribution is -2.65. The van der Waals surface area contributed by atoms with Gasteiger partial charge in [0.15, 0.2) is 0 Å². The van der Waals surface area contributed by atoms with E-state index in [0.29, 0.717) is 37.0 Å². The second-order valence-corrected chi connectivity index (χ2v) is 17.3. The lowest BCUT2D eigenvalue weighted by atomic mass is 9.53. The third-order valence-corrected chi connectivity index (χ3v) is 11.7. The molecule has 0 unspecified atom stereocenters. The van der Waals surface area contributed by atoms with Gasteiger partial charge in [-0.15, -0.1) is 0 Å². The number of benzene rings is 2. The molecule has 4 aliphatic rings. The Kier molecular flexibility index (Phi) is 14.6. The number of alkyl carbamates (subject to hydrolysis) is 1. The number of hydrogen-bond acceptors (Lipinski definition) is 8. The zero-order valence-electron chi connectivity index (χ0n) is 32.5. The van der Waals surface area contributed by atoms with E-state index < -0.39 is 41.6 Å². The highest BCUT2D eigenvalue weighted by atomic mass is 32.2. The van der Waals surface area contributed by atoms with Crippen molar-refractivity contribution in [1.29, 1.82) is 0 Å². The number of nitrogens with one attached hydrogen (secondary N) is 4. The molecule has 3 atom stereocenters. The minimum absolute atomic E-state index is 0.192. The minimum Gasteiger partial charge on any atom is -0.444 e. The molecular weight excluding hydrogens is 703 g/mol. The third kappa shape index (κ3) is 11.3. The van der Waals surface area contributed by atoms with Crippen LogP contribution in [0.15, 0.2) is 60.7 Å². The van der Waals surface area contributed by atoms with Crippen molar-refractivity contribution in [3.8, 4) is 0 Å². The van der Waals surface area contributed by atoms with Crippen LogP contribution in [-0.2, 0) is 36.8 Å². The van der Waals surface area contributed by atoms with E-state index in [0.717, 1.165) is 36.8 Å². The highest BCUT2D eigenvalue weighted by Crippen LogP contribution is 2.55. The summed E-state index contributed by atoms with van der Waals surface area (Å²) in [4.78, 5) is 71.0. The van der Waals surface area contributed by atoms with Crippen molar-refractivity contribution < 1.29 is 28.7 Å². The smallest absolute Gasteiger partial charge is 0.414 e. The lowest BCUT2D eigenvalue weighted by molar-refractivity contribution is -0.154. The highest BCUT2D eigenvalue weighted by Gasteiger charge is 2.53. The summed E-state index contributed by atoms with van der Waals surface area (Å²) < 4.78 is 5.45. The molecule has 2 aromatic carbocycles. The first-order valence-electron chi connectivity index (χ1n) is 19.6. The normalized spacial score (nSPS) is 23.1. The van der Waals surface area contributed by atoms with E-state index in [2.05, 4.69) is 21.3 Å². The van der Waals surface area contributed by atoms with Crippen LogP contribution in [0.4, 0.5) is 4.79 Å². The molecular formula is C42H59N5O6S. The molecule has 0 saturated heterocycles. The summed E-state index contributed by atoms with van der Waals surface area (Å²) in [6, 6.07) is 16.6.